The molecule has 10 heteroatoms. The van der Waals surface area contributed by atoms with Crippen LogP contribution in [0.1, 0.15) is 29.2 Å². The molecule has 27 heavy (non-hydrogen) atoms. The number of rotatable bonds is 6. The van der Waals surface area contributed by atoms with Crippen LogP contribution in [0.5, 0.6) is 0 Å². The minimum absolute atomic E-state index is 0.0506. The predicted octanol–water partition coefficient (Wildman–Crippen LogP) is 4.00. The Morgan fingerprint density at radius 1 is 1.33 bits per heavy atom. The van der Waals surface area contributed by atoms with Crippen LogP contribution in [-0.2, 0) is 16.4 Å². The molecule has 0 saturated heterocycles. The van der Waals surface area contributed by atoms with Gasteiger partial charge in [0.15, 0.2) is 5.76 Å². The second kappa shape index (κ2) is 7.61. The Balaban J connectivity index is 2.22. The van der Waals surface area contributed by atoms with Crippen LogP contribution in [0.25, 0.3) is 21.6 Å². The first-order valence-electron chi connectivity index (χ1n) is 8.23. The highest BCUT2D eigenvalue weighted by Gasteiger charge is 2.24. The molecule has 2 heterocycles. The predicted molar refractivity (Wildman–Crippen MR) is 111 cm³/mol. The van der Waals surface area contributed by atoms with Crippen LogP contribution in [0.4, 0.5) is 5.69 Å². The summed E-state index contributed by atoms with van der Waals surface area (Å²) in [6.45, 7) is 3.56. The van der Waals surface area contributed by atoms with Crippen LogP contribution in [0.15, 0.2) is 27.2 Å². The molecule has 0 unspecified atom stereocenters. The SMILES string of the molecule is CCc1ncc(-c2oc3cc(NS(=O)(=O)CC)c(Br)cc3c2C(=O)NC)s1. The van der Waals surface area contributed by atoms with Gasteiger partial charge in [-0.3, -0.25) is 9.52 Å². The van der Waals surface area contributed by atoms with E-state index in [9.17, 15) is 13.2 Å². The van der Waals surface area contributed by atoms with Crippen LogP contribution in [0.2, 0.25) is 0 Å². The van der Waals surface area contributed by atoms with Gasteiger partial charge in [-0.05, 0) is 35.3 Å². The van der Waals surface area contributed by atoms with Crippen molar-refractivity contribution in [2.75, 3.05) is 17.5 Å². The normalized spacial score (nSPS) is 11.7. The third kappa shape index (κ3) is 3.87. The van der Waals surface area contributed by atoms with Crippen molar-refractivity contribution < 1.29 is 17.6 Å². The zero-order valence-corrected chi connectivity index (χ0v) is 18.1. The van der Waals surface area contributed by atoms with Gasteiger partial charge in [0.25, 0.3) is 5.91 Å². The molecule has 0 atom stereocenters. The highest BCUT2D eigenvalue weighted by molar-refractivity contribution is 9.10. The summed E-state index contributed by atoms with van der Waals surface area (Å²) in [6.07, 6.45) is 2.47. The molecule has 7 nitrogen and oxygen atoms in total. The summed E-state index contributed by atoms with van der Waals surface area (Å²) < 4.78 is 32.8. The van der Waals surface area contributed by atoms with Gasteiger partial charge in [-0.15, -0.1) is 11.3 Å². The maximum absolute atomic E-state index is 12.5. The summed E-state index contributed by atoms with van der Waals surface area (Å²) >= 11 is 4.83. The van der Waals surface area contributed by atoms with E-state index in [1.165, 1.54) is 11.3 Å². The van der Waals surface area contributed by atoms with Crippen molar-refractivity contribution in [2.45, 2.75) is 20.3 Å². The molecule has 0 aliphatic carbocycles. The Kier molecular flexibility index (Phi) is 5.59. The highest BCUT2D eigenvalue weighted by atomic mass is 79.9. The Hall–Kier alpha value is -1.91. The number of nitrogens with one attached hydrogen (secondary N) is 2. The number of nitrogens with zero attached hydrogens (tertiary/aromatic N) is 1. The zero-order valence-electron chi connectivity index (χ0n) is 14.9. The van der Waals surface area contributed by atoms with Gasteiger partial charge >= 0.3 is 0 Å². The van der Waals surface area contributed by atoms with Gasteiger partial charge in [-0.2, -0.15) is 0 Å². The van der Waals surface area contributed by atoms with Gasteiger partial charge in [0.05, 0.1) is 26.9 Å². The minimum Gasteiger partial charge on any atom is -0.454 e. The minimum atomic E-state index is -3.45. The van der Waals surface area contributed by atoms with Crippen molar-refractivity contribution in [2.24, 2.45) is 0 Å². The first kappa shape index (κ1) is 19.8. The van der Waals surface area contributed by atoms with Crippen molar-refractivity contribution in [3.8, 4) is 10.6 Å². The Morgan fingerprint density at radius 2 is 2.07 bits per heavy atom. The Labute approximate surface area is 169 Å². The molecule has 2 N–H and O–H groups in total. The van der Waals surface area contributed by atoms with E-state index in [2.05, 4.69) is 31.0 Å². The maximum Gasteiger partial charge on any atom is 0.255 e. The van der Waals surface area contributed by atoms with Crippen LogP contribution in [0.3, 0.4) is 0 Å². The van der Waals surface area contributed by atoms with E-state index in [1.54, 1.807) is 32.3 Å². The molecule has 2 aromatic heterocycles. The molecule has 0 fully saturated rings. The maximum atomic E-state index is 12.5. The molecule has 0 radical (unpaired) electrons. The number of amides is 1. The first-order valence-corrected chi connectivity index (χ1v) is 11.5. The van der Waals surface area contributed by atoms with Gasteiger partial charge in [0.1, 0.15) is 5.58 Å². The summed E-state index contributed by atoms with van der Waals surface area (Å²) in [5.41, 5.74) is 1.16. The largest absolute Gasteiger partial charge is 0.454 e. The Bertz CT molecular complexity index is 1120. The fourth-order valence-electron chi connectivity index (χ4n) is 2.54. The monoisotopic (exact) mass is 471 g/mol. The standard InChI is InChI=1S/C17H18BrN3O4S2/c1-4-14-20-8-13(26-14)16-15(17(22)19-3)9-6-10(18)11(7-12(9)25-16)21-27(23,24)5-2/h6-8,21H,4-5H2,1-3H3,(H,19,22). The summed E-state index contributed by atoms with van der Waals surface area (Å²) in [6, 6.07) is 3.26. The van der Waals surface area contributed by atoms with Crippen LogP contribution in [0, 0.1) is 0 Å². The molecule has 0 spiro atoms. The van der Waals surface area contributed by atoms with Crippen molar-refractivity contribution in [1.82, 2.24) is 10.3 Å². The smallest absolute Gasteiger partial charge is 0.255 e. The number of hydrogen-bond donors (Lipinski definition) is 2. The summed E-state index contributed by atoms with van der Waals surface area (Å²) in [5.74, 6) is 0.0818. The number of carbonyl (C=O) groups excluding carboxylic acids is 1. The second-order valence-electron chi connectivity index (χ2n) is 5.69. The van der Waals surface area contributed by atoms with E-state index in [4.69, 9.17) is 4.42 Å². The van der Waals surface area contributed by atoms with Gasteiger partial charge < -0.3 is 9.73 Å². The average molecular weight is 472 g/mol. The van der Waals surface area contributed by atoms with Crippen molar-refractivity contribution >= 4 is 59.9 Å². The van der Waals surface area contributed by atoms with E-state index in [1.807, 2.05) is 6.92 Å². The zero-order chi connectivity index (χ0) is 19.8. The third-order valence-electron chi connectivity index (χ3n) is 3.96. The molecule has 1 amide bonds. The molecule has 144 valence electrons. The average Bonchev–Trinajstić information content (AvgIpc) is 3.25. The van der Waals surface area contributed by atoms with E-state index in [0.717, 1.165) is 16.3 Å². The fourth-order valence-corrected chi connectivity index (χ4v) is 4.60. The van der Waals surface area contributed by atoms with Gasteiger partial charge in [-0.1, -0.05) is 6.92 Å². The van der Waals surface area contributed by atoms with Gasteiger partial charge in [0.2, 0.25) is 10.0 Å². The number of aromatic nitrogens is 1. The summed E-state index contributed by atoms with van der Waals surface area (Å²) in [7, 11) is -1.90. The number of halogens is 1. The van der Waals surface area contributed by atoms with Crippen molar-refractivity contribution in [3.63, 3.8) is 0 Å². The van der Waals surface area contributed by atoms with E-state index in [0.29, 0.717) is 32.5 Å². The number of sulfonamides is 1. The molecule has 1 aromatic carbocycles. The Morgan fingerprint density at radius 3 is 2.67 bits per heavy atom. The number of anilines is 1. The summed E-state index contributed by atoms with van der Waals surface area (Å²) in [4.78, 5) is 17.6. The van der Waals surface area contributed by atoms with E-state index >= 15 is 0 Å². The summed E-state index contributed by atoms with van der Waals surface area (Å²) in [5, 5.41) is 4.15. The topological polar surface area (TPSA) is 101 Å². The van der Waals surface area contributed by atoms with Gasteiger partial charge in [0, 0.05) is 29.2 Å². The first-order chi connectivity index (χ1) is 12.8. The number of thiazole rings is 1. The van der Waals surface area contributed by atoms with E-state index in [-0.39, 0.29) is 11.7 Å². The number of aryl methyl sites for hydroxylation is 1. The molecule has 0 saturated carbocycles. The molecule has 3 rings (SSSR count). The number of furan rings is 1. The second-order valence-corrected chi connectivity index (χ2v) is 9.67. The van der Waals surface area contributed by atoms with E-state index < -0.39 is 10.0 Å². The van der Waals surface area contributed by atoms with Crippen LogP contribution < -0.4 is 10.0 Å². The molecule has 3 aromatic rings. The fraction of sp³-hybridized carbons (Fsp3) is 0.294. The lowest BCUT2D eigenvalue weighted by Gasteiger charge is -2.08. The molecular weight excluding hydrogens is 454 g/mol. The lowest BCUT2D eigenvalue weighted by molar-refractivity contribution is 0.0964. The van der Waals surface area contributed by atoms with Gasteiger partial charge in [-0.25, -0.2) is 13.4 Å². The lowest BCUT2D eigenvalue weighted by atomic mass is 10.1. The molecule has 0 aliphatic heterocycles. The number of benzene rings is 1. The van der Waals surface area contributed by atoms with Crippen LogP contribution in [-0.4, -0.2) is 32.1 Å². The molecular formula is C17H18BrN3O4S2. The van der Waals surface area contributed by atoms with Crippen LogP contribution >= 0.6 is 27.3 Å². The lowest BCUT2D eigenvalue weighted by Crippen LogP contribution is -2.18. The molecule has 0 aliphatic rings. The molecule has 0 bridgehead atoms. The number of hydrogen-bond acceptors (Lipinski definition) is 6. The highest BCUT2D eigenvalue weighted by Crippen LogP contribution is 2.40. The van der Waals surface area contributed by atoms with Crippen molar-refractivity contribution in [3.05, 3.63) is 33.4 Å². The number of carbonyl (C=O) groups is 1. The van der Waals surface area contributed by atoms with Crippen molar-refractivity contribution in [1.29, 1.82) is 0 Å². The quantitative estimate of drug-likeness (QED) is 0.565. The third-order valence-corrected chi connectivity index (χ3v) is 7.04. The number of fused-ring (bicyclic) bond motifs is 1.